The molecule has 0 aromatic heterocycles. The molecule has 0 aliphatic heterocycles. The first-order valence-corrected chi connectivity index (χ1v) is 11.2. The van der Waals surface area contributed by atoms with Crippen LogP contribution in [0.4, 0.5) is 0 Å². The maximum absolute atomic E-state index is 13.1. The second-order valence-electron chi connectivity index (χ2n) is 7.50. The van der Waals surface area contributed by atoms with Crippen LogP contribution in [-0.2, 0) is 16.1 Å². The van der Waals surface area contributed by atoms with Gasteiger partial charge in [-0.3, -0.25) is 9.59 Å². The first-order chi connectivity index (χ1) is 14.3. The summed E-state index contributed by atoms with van der Waals surface area (Å²) in [6.45, 7) is 8.16. The lowest BCUT2D eigenvalue weighted by atomic mass is 10.1. The number of halogens is 1. The van der Waals surface area contributed by atoms with Crippen molar-refractivity contribution in [1.82, 2.24) is 10.2 Å². The van der Waals surface area contributed by atoms with E-state index in [4.69, 9.17) is 4.74 Å². The Bertz CT molecular complexity index is 839. The summed E-state index contributed by atoms with van der Waals surface area (Å²) < 4.78 is 6.64. The van der Waals surface area contributed by atoms with Crippen molar-refractivity contribution < 1.29 is 14.3 Å². The zero-order valence-electron chi connectivity index (χ0n) is 18.2. The lowest BCUT2D eigenvalue weighted by molar-refractivity contribution is -0.143. The first kappa shape index (κ1) is 23.9. The van der Waals surface area contributed by atoms with Crippen molar-refractivity contribution in [3.05, 3.63) is 64.1 Å². The fourth-order valence-electron chi connectivity index (χ4n) is 3.13. The Hall–Kier alpha value is -2.34. The third-order valence-electron chi connectivity index (χ3n) is 5.00. The molecule has 0 aliphatic carbocycles. The molecule has 2 aromatic carbocycles. The highest BCUT2D eigenvalue weighted by atomic mass is 79.9. The third kappa shape index (κ3) is 7.17. The SMILES string of the molecule is CC[C@H](C)NC(=O)[C@H](CC)N(Cc1cccc(C)c1)C(=O)COc1ccc(Br)cc1. The van der Waals surface area contributed by atoms with E-state index < -0.39 is 6.04 Å². The molecular formula is C24H31BrN2O3. The highest BCUT2D eigenvalue weighted by molar-refractivity contribution is 9.10. The van der Waals surface area contributed by atoms with Gasteiger partial charge in [0.05, 0.1) is 0 Å². The summed E-state index contributed by atoms with van der Waals surface area (Å²) >= 11 is 3.39. The van der Waals surface area contributed by atoms with Gasteiger partial charge in [0.1, 0.15) is 11.8 Å². The molecule has 162 valence electrons. The average molecular weight is 475 g/mol. The predicted molar refractivity (Wildman–Crippen MR) is 123 cm³/mol. The molecule has 0 heterocycles. The molecule has 2 atom stereocenters. The van der Waals surface area contributed by atoms with Crippen LogP contribution < -0.4 is 10.1 Å². The summed E-state index contributed by atoms with van der Waals surface area (Å²) in [7, 11) is 0. The summed E-state index contributed by atoms with van der Waals surface area (Å²) in [5.74, 6) is 0.265. The number of nitrogens with zero attached hydrogens (tertiary/aromatic N) is 1. The van der Waals surface area contributed by atoms with E-state index in [2.05, 4.69) is 21.2 Å². The Labute approximate surface area is 187 Å². The zero-order valence-corrected chi connectivity index (χ0v) is 19.7. The van der Waals surface area contributed by atoms with E-state index in [0.717, 1.165) is 22.0 Å². The van der Waals surface area contributed by atoms with E-state index in [9.17, 15) is 9.59 Å². The van der Waals surface area contributed by atoms with E-state index in [-0.39, 0.29) is 24.5 Å². The molecule has 30 heavy (non-hydrogen) atoms. The molecule has 0 saturated carbocycles. The van der Waals surface area contributed by atoms with Gasteiger partial charge in [-0.1, -0.05) is 59.6 Å². The summed E-state index contributed by atoms with van der Waals surface area (Å²) in [5, 5.41) is 3.01. The van der Waals surface area contributed by atoms with E-state index in [1.807, 2.05) is 64.1 Å². The lowest BCUT2D eigenvalue weighted by Crippen LogP contribution is -2.51. The minimum atomic E-state index is -0.555. The molecule has 0 saturated heterocycles. The van der Waals surface area contributed by atoms with Crippen LogP contribution in [0.1, 0.15) is 44.7 Å². The maximum atomic E-state index is 13.1. The molecule has 2 aromatic rings. The lowest BCUT2D eigenvalue weighted by Gasteiger charge is -2.31. The van der Waals surface area contributed by atoms with E-state index >= 15 is 0 Å². The second-order valence-corrected chi connectivity index (χ2v) is 8.41. The highest BCUT2D eigenvalue weighted by Crippen LogP contribution is 2.18. The normalized spacial score (nSPS) is 12.7. The minimum absolute atomic E-state index is 0.0569. The van der Waals surface area contributed by atoms with Crippen LogP contribution in [0.15, 0.2) is 53.0 Å². The van der Waals surface area contributed by atoms with Gasteiger partial charge in [0, 0.05) is 17.1 Å². The van der Waals surface area contributed by atoms with Crippen LogP contribution in [0.2, 0.25) is 0 Å². The molecule has 2 rings (SSSR count). The summed E-state index contributed by atoms with van der Waals surface area (Å²) in [6, 6.07) is 14.8. The summed E-state index contributed by atoms with van der Waals surface area (Å²) in [5.41, 5.74) is 2.10. The molecule has 6 heteroatoms. The van der Waals surface area contributed by atoms with Gasteiger partial charge in [-0.2, -0.15) is 0 Å². The van der Waals surface area contributed by atoms with Crippen LogP contribution in [0.3, 0.4) is 0 Å². The standard InChI is InChI=1S/C24H31BrN2O3/c1-5-18(4)26-24(29)22(6-2)27(15-19-9-7-8-17(3)14-19)23(28)16-30-21-12-10-20(25)11-13-21/h7-14,18,22H,5-6,15-16H2,1-4H3,(H,26,29)/t18-,22-/m0/s1. The molecule has 0 aliphatic rings. The Morgan fingerprint density at radius 3 is 2.40 bits per heavy atom. The van der Waals surface area contributed by atoms with E-state index in [1.54, 1.807) is 17.0 Å². The highest BCUT2D eigenvalue weighted by Gasteiger charge is 2.29. The van der Waals surface area contributed by atoms with Crippen LogP contribution >= 0.6 is 15.9 Å². The molecule has 5 nitrogen and oxygen atoms in total. The molecule has 0 bridgehead atoms. The number of nitrogens with one attached hydrogen (secondary N) is 1. The largest absolute Gasteiger partial charge is 0.484 e. The monoisotopic (exact) mass is 474 g/mol. The van der Waals surface area contributed by atoms with Crippen molar-refractivity contribution in [2.24, 2.45) is 0 Å². The predicted octanol–water partition coefficient (Wildman–Crippen LogP) is 4.86. The van der Waals surface area contributed by atoms with Gasteiger partial charge in [-0.05, 0) is 56.5 Å². The smallest absolute Gasteiger partial charge is 0.261 e. The Morgan fingerprint density at radius 2 is 1.80 bits per heavy atom. The first-order valence-electron chi connectivity index (χ1n) is 10.4. The minimum Gasteiger partial charge on any atom is -0.484 e. The molecular weight excluding hydrogens is 444 g/mol. The molecule has 2 amide bonds. The molecule has 1 N–H and O–H groups in total. The van der Waals surface area contributed by atoms with Crippen LogP contribution in [0, 0.1) is 6.92 Å². The number of ether oxygens (including phenoxy) is 1. The number of amides is 2. The van der Waals surface area contributed by atoms with E-state index in [1.165, 1.54) is 0 Å². The van der Waals surface area contributed by atoms with E-state index in [0.29, 0.717) is 18.7 Å². The summed E-state index contributed by atoms with van der Waals surface area (Å²) in [4.78, 5) is 27.7. The third-order valence-corrected chi connectivity index (χ3v) is 5.53. The molecule has 0 fully saturated rings. The van der Waals surface area contributed by atoms with Crippen LogP contribution in [0.25, 0.3) is 0 Å². The van der Waals surface area contributed by atoms with Gasteiger partial charge in [0.15, 0.2) is 6.61 Å². The van der Waals surface area contributed by atoms with Crippen molar-refractivity contribution in [2.45, 2.75) is 59.2 Å². The van der Waals surface area contributed by atoms with Crippen molar-refractivity contribution in [3.8, 4) is 5.75 Å². The van der Waals surface area contributed by atoms with Crippen LogP contribution in [0.5, 0.6) is 5.75 Å². The Kier molecular flexibility index (Phi) is 9.37. The zero-order chi connectivity index (χ0) is 22.1. The average Bonchev–Trinajstić information content (AvgIpc) is 2.72. The molecule has 0 unspecified atom stereocenters. The van der Waals surface area contributed by atoms with Gasteiger partial charge in [-0.15, -0.1) is 0 Å². The van der Waals surface area contributed by atoms with Gasteiger partial charge in [0.2, 0.25) is 5.91 Å². The Balaban J connectivity index is 2.20. The van der Waals surface area contributed by atoms with Gasteiger partial charge < -0.3 is 15.0 Å². The van der Waals surface area contributed by atoms with Gasteiger partial charge in [0.25, 0.3) is 5.91 Å². The van der Waals surface area contributed by atoms with Crippen molar-refractivity contribution >= 4 is 27.7 Å². The molecule has 0 spiro atoms. The maximum Gasteiger partial charge on any atom is 0.261 e. The fraction of sp³-hybridized carbons (Fsp3) is 0.417. The number of carbonyl (C=O) groups excluding carboxylic acids is 2. The second kappa shape index (κ2) is 11.7. The Morgan fingerprint density at radius 1 is 1.10 bits per heavy atom. The summed E-state index contributed by atoms with van der Waals surface area (Å²) in [6.07, 6.45) is 1.36. The number of hydrogen-bond acceptors (Lipinski definition) is 3. The number of aryl methyl sites for hydroxylation is 1. The topological polar surface area (TPSA) is 58.6 Å². The van der Waals surface area contributed by atoms with Crippen molar-refractivity contribution in [2.75, 3.05) is 6.61 Å². The van der Waals surface area contributed by atoms with Crippen LogP contribution in [-0.4, -0.2) is 35.4 Å². The van der Waals surface area contributed by atoms with Gasteiger partial charge in [-0.25, -0.2) is 0 Å². The number of hydrogen-bond donors (Lipinski definition) is 1. The molecule has 0 radical (unpaired) electrons. The van der Waals surface area contributed by atoms with Crippen molar-refractivity contribution in [3.63, 3.8) is 0 Å². The van der Waals surface area contributed by atoms with Crippen molar-refractivity contribution in [1.29, 1.82) is 0 Å². The number of carbonyl (C=O) groups is 2. The quantitative estimate of drug-likeness (QED) is 0.534. The number of benzene rings is 2. The van der Waals surface area contributed by atoms with Gasteiger partial charge >= 0.3 is 0 Å². The fourth-order valence-corrected chi connectivity index (χ4v) is 3.39. The number of rotatable bonds is 10.